The van der Waals surface area contributed by atoms with Crippen LogP contribution >= 0.6 is 0 Å². The van der Waals surface area contributed by atoms with Crippen LogP contribution in [0.3, 0.4) is 0 Å². The second-order valence-electron chi connectivity index (χ2n) is 13.7. The Balaban J connectivity index is 1.25. The van der Waals surface area contributed by atoms with Gasteiger partial charge < -0.3 is 4.90 Å². The van der Waals surface area contributed by atoms with E-state index in [1.54, 1.807) is 0 Å². The smallest absolute Gasteiger partial charge is 0.0540 e. The van der Waals surface area contributed by atoms with Gasteiger partial charge >= 0.3 is 0 Å². The van der Waals surface area contributed by atoms with Crippen LogP contribution in [0.1, 0.15) is 25.0 Å². The zero-order valence-corrected chi connectivity index (χ0v) is 28.3. The Morgan fingerprint density at radius 2 is 0.840 bits per heavy atom. The van der Waals surface area contributed by atoms with Gasteiger partial charge in [0.1, 0.15) is 0 Å². The molecule has 1 aliphatic rings. The van der Waals surface area contributed by atoms with Crippen LogP contribution in [-0.4, -0.2) is 0 Å². The van der Waals surface area contributed by atoms with Crippen molar-refractivity contribution in [2.75, 3.05) is 4.90 Å². The molecule has 1 aliphatic carbocycles. The summed E-state index contributed by atoms with van der Waals surface area (Å²) in [4.78, 5) is 2.48. The first-order valence-corrected chi connectivity index (χ1v) is 17.5. The first-order chi connectivity index (χ1) is 24.6. The van der Waals surface area contributed by atoms with Crippen molar-refractivity contribution in [1.82, 2.24) is 0 Å². The molecule has 1 heteroatoms. The molecule has 1 nitrogen and oxygen atoms in total. The van der Waals surface area contributed by atoms with E-state index in [0.29, 0.717) is 0 Å². The van der Waals surface area contributed by atoms with Gasteiger partial charge in [-0.1, -0.05) is 178 Å². The molecule has 50 heavy (non-hydrogen) atoms. The van der Waals surface area contributed by atoms with Crippen LogP contribution in [0.25, 0.3) is 55.3 Å². The van der Waals surface area contributed by atoms with Gasteiger partial charge in [0.05, 0.1) is 11.4 Å². The largest absolute Gasteiger partial charge is 0.310 e. The first-order valence-electron chi connectivity index (χ1n) is 17.5. The maximum Gasteiger partial charge on any atom is 0.0540 e. The molecule has 0 atom stereocenters. The zero-order valence-electron chi connectivity index (χ0n) is 28.3. The third-order valence-corrected chi connectivity index (χ3v) is 10.5. The van der Waals surface area contributed by atoms with Crippen LogP contribution in [0.5, 0.6) is 0 Å². The van der Waals surface area contributed by atoms with Gasteiger partial charge in [-0.05, 0) is 85.1 Å². The van der Waals surface area contributed by atoms with Gasteiger partial charge in [-0.3, -0.25) is 0 Å². The van der Waals surface area contributed by atoms with E-state index in [2.05, 4.69) is 207 Å². The molecule has 0 saturated carbocycles. The normalized spacial score (nSPS) is 12.8. The highest BCUT2D eigenvalue weighted by atomic mass is 15.1. The van der Waals surface area contributed by atoms with E-state index in [4.69, 9.17) is 0 Å². The Morgan fingerprint density at radius 1 is 0.360 bits per heavy atom. The summed E-state index contributed by atoms with van der Waals surface area (Å²) in [6.45, 7) is 4.74. The molecule has 0 unspecified atom stereocenters. The summed E-state index contributed by atoms with van der Waals surface area (Å²) in [6.07, 6.45) is 0. The molecular formula is C49H37N. The lowest BCUT2D eigenvalue weighted by molar-refractivity contribution is 0.661. The second-order valence-corrected chi connectivity index (χ2v) is 13.7. The molecule has 0 bridgehead atoms. The number of fused-ring (bicyclic) bond motifs is 4. The maximum atomic E-state index is 2.48. The molecule has 238 valence electrons. The highest BCUT2D eigenvalue weighted by Gasteiger charge is 2.39. The Kier molecular flexibility index (Phi) is 7.21. The molecule has 0 aliphatic heterocycles. The van der Waals surface area contributed by atoms with Crippen molar-refractivity contribution in [1.29, 1.82) is 0 Å². The monoisotopic (exact) mass is 639 g/mol. The van der Waals surface area contributed by atoms with Gasteiger partial charge in [-0.25, -0.2) is 0 Å². The number of hydrogen-bond acceptors (Lipinski definition) is 1. The van der Waals surface area contributed by atoms with Crippen LogP contribution < -0.4 is 4.90 Å². The number of para-hydroxylation sites is 1. The van der Waals surface area contributed by atoms with Gasteiger partial charge in [0, 0.05) is 16.7 Å². The van der Waals surface area contributed by atoms with E-state index in [1.807, 2.05) is 0 Å². The van der Waals surface area contributed by atoms with Crippen LogP contribution in [0.4, 0.5) is 17.1 Å². The number of hydrogen-bond donors (Lipinski definition) is 0. The zero-order chi connectivity index (χ0) is 33.7. The summed E-state index contributed by atoms with van der Waals surface area (Å²) < 4.78 is 0. The Bertz CT molecular complexity index is 2490. The van der Waals surface area contributed by atoms with Gasteiger partial charge in [-0.2, -0.15) is 0 Å². The number of anilines is 3. The van der Waals surface area contributed by atoms with Gasteiger partial charge in [0.15, 0.2) is 0 Å². The minimum atomic E-state index is -0.167. The van der Waals surface area contributed by atoms with E-state index >= 15 is 0 Å². The van der Waals surface area contributed by atoms with E-state index in [9.17, 15) is 0 Å². The molecule has 0 spiro atoms. The minimum Gasteiger partial charge on any atom is -0.310 e. The molecule has 9 rings (SSSR count). The summed E-state index contributed by atoms with van der Waals surface area (Å²) in [7, 11) is 0. The van der Waals surface area contributed by atoms with Gasteiger partial charge in [-0.15, -0.1) is 0 Å². The van der Waals surface area contributed by atoms with Crippen molar-refractivity contribution in [3.05, 3.63) is 199 Å². The predicted octanol–water partition coefficient (Wildman–Crippen LogP) is 13.6. The minimum absolute atomic E-state index is 0.167. The average Bonchev–Trinajstić information content (AvgIpc) is 3.42. The fourth-order valence-corrected chi connectivity index (χ4v) is 8.17. The van der Waals surface area contributed by atoms with Crippen molar-refractivity contribution >= 4 is 27.8 Å². The highest BCUT2D eigenvalue weighted by Crippen LogP contribution is 2.55. The van der Waals surface area contributed by atoms with E-state index < -0.39 is 0 Å². The van der Waals surface area contributed by atoms with Crippen LogP contribution in [0.2, 0.25) is 0 Å². The standard InChI is InChI=1S/C49H37N/c1-49(2)44-27-11-9-23-42(44)43-26-15-29-46(48(43)49)50(45-28-12-10-22-39(45)34-16-5-3-6-17-34)38-32-30-36(31-33-38)41-25-14-21-37-20-13-24-40(47(37)41)35-18-7-4-8-19-35/h3-33H,1-2H3. The average molecular weight is 640 g/mol. The number of rotatable bonds is 6. The summed E-state index contributed by atoms with van der Waals surface area (Å²) in [5, 5.41) is 2.52. The first kappa shape index (κ1) is 29.9. The molecule has 0 amide bonds. The fraction of sp³-hybridized carbons (Fsp3) is 0.0612. The second kappa shape index (κ2) is 12.1. The number of benzene rings is 8. The molecule has 0 fully saturated rings. The Morgan fingerprint density at radius 3 is 1.52 bits per heavy atom. The maximum absolute atomic E-state index is 2.48. The van der Waals surface area contributed by atoms with E-state index in [1.165, 1.54) is 72.1 Å². The van der Waals surface area contributed by atoms with Crippen molar-refractivity contribution in [2.24, 2.45) is 0 Å². The quantitative estimate of drug-likeness (QED) is 0.175. The Labute approximate surface area is 294 Å². The summed E-state index contributed by atoms with van der Waals surface area (Å²) in [6, 6.07) is 68.5. The lowest BCUT2D eigenvalue weighted by atomic mass is 9.81. The van der Waals surface area contributed by atoms with Crippen LogP contribution in [0.15, 0.2) is 188 Å². The van der Waals surface area contributed by atoms with Crippen molar-refractivity contribution in [2.45, 2.75) is 19.3 Å². The SMILES string of the molecule is CC1(C)c2ccccc2-c2cccc(N(c3ccc(-c4cccc5cccc(-c6ccccc6)c45)cc3)c3ccccc3-c3ccccc3)c21. The molecule has 0 saturated heterocycles. The Hall–Kier alpha value is -6.18. The van der Waals surface area contributed by atoms with Crippen LogP contribution in [-0.2, 0) is 5.41 Å². The third-order valence-electron chi connectivity index (χ3n) is 10.5. The lowest BCUT2D eigenvalue weighted by Crippen LogP contribution is -2.21. The summed E-state index contributed by atoms with van der Waals surface area (Å²) in [5.74, 6) is 0. The molecule has 0 heterocycles. The predicted molar refractivity (Wildman–Crippen MR) is 213 cm³/mol. The molecule has 0 radical (unpaired) electrons. The van der Waals surface area contributed by atoms with Crippen molar-refractivity contribution in [3.63, 3.8) is 0 Å². The number of nitrogens with zero attached hydrogens (tertiary/aromatic N) is 1. The topological polar surface area (TPSA) is 3.24 Å². The van der Waals surface area contributed by atoms with E-state index in [0.717, 1.165) is 11.4 Å². The summed E-state index contributed by atoms with van der Waals surface area (Å²) in [5.41, 5.74) is 16.0. The van der Waals surface area contributed by atoms with Gasteiger partial charge in [0.2, 0.25) is 0 Å². The van der Waals surface area contributed by atoms with Gasteiger partial charge in [0.25, 0.3) is 0 Å². The van der Waals surface area contributed by atoms with Crippen molar-refractivity contribution in [3.8, 4) is 44.5 Å². The van der Waals surface area contributed by atoms with E-state index in [-0.39, 0.29) is 5.41 Å². The lowest BCUT2D eigenvalue weighted by Gasteiger charge is -2.33. The summed E-state index contributed by atoms with van der Waals surface area (Å²) >= 11 is 0. The molecule has 8 aromatic rings. The third kappa shape index (κ3) is 4.85. The van der Waals surface area contributed by atoms with Crippen molar-refractivity contribution < 1.29 is 0 Å². The molecule has 0 aromatic heterocycles. The van der Waals surface area contributed by atoms with Crippen LogP contribution in [0, 0.1) is 0 Å². The molecule has 8 aromatic carbocycles. The highest BCUT2D eigenvalue weighted by molar-refractivity contribution is 6.06. The molecular weight excluding hydrogens is 603 g/mol. The fourth-order valence-electron chi connectivity index (χ4n) is 8.17. The molecule has 0 N–H and O–H groups in total.